The molecule has 8 nitrogen and oxygen atoms in total. The molecular formula is C22H23N3O5. The Balaban J connectivity index is 1.57. The van der Waals surface area contributed by atoms with Crippen molar-refractivity contribution >= 4 is 17.5 Å². The van der Waals surface area contributed by atoms with E-state index in [4.69, 9.17) is 9.26 Å². The van der Waals surface area contributed by atoms with E-state index in [1.54, 1.807) is 13.8 Å². The highest BCUT2D eigenvalue weighted by Gasteiger charge is 2.26. The van der Waals surface area contributed by atoms with Crippen LogP contribution in [0.25, 0.3) is 11.4 Å². The number of H-pyrrole nitrogens is 1. The van der Waals surface area contributed by atoms with Gasteiger partial charge < -0.3 is 14.2 Å². The zero-order chi connectivity index (χ0) is 21.8. The normalized spacial score (nSPS) is 11.9. The fourth-order valence-corrected chi connectivity index (χ4v) is 3.31. The molecule has 0 aliphatic rings. The molecule has 2 heterocycles. The molecule has 3 aromatic rings. The van der Waals surface area contributed by atoms with Crippen LogP contribution in [0.15, 0.2) is 34.9 Å². The van der Waals surface area contributed by atoms with Gasteiger partial charge in [-0.2, -0.15) is 4.98 Å². The van der Waals surface area contributed by atoms with E-state index < -0.39 is 12.1 Å². The van der Waals surface area contributed by atoms with Crippen LogP contribution in [0.2, 0.25) is 0 Å². The average molecular weight is 409 g/mol. The minimum absolute atomic E-state index is 0.00449. The first-order valence-electron chi connectivity index (χ1n) is 9.59. The number of aromatic amines is 1. The van der Waals surface area contributed by atoms with Crippen LogP contribution in [0.4, 0.5) is 0 Å². The monoisotopic (exact) mass is 409 g/mol. The summed E-state index contributed by atoms with van der Waals surface area (Å²) in [5, 5.41) is 3.90. The van der Waals surface area contributed by atoms with E-state index in [0.717, 1.165) is 5.56 Å². The highest BCUT2D eigenvalue weighted by Crippen LogP contribution is 2.21. The first kappa shape index (κ1) is 21.2. The predicted octanol–water partition coefficient (Wildman–Crippen LogP) is 3.63. The first-order chi connectivity index (χ1) is 14.3. The van der Waals surface area contributed by atoms with E-state index in [1.807, 2.05) is 30.3 Å². The fraction of sp³-hybridized carbons (Fsp3) is 0.318. The van der Waals surface area contributed by atoms with Crippen LogP contribution in [0.5, 0.6) is 0 Å². The Morgan fingerprint density at radius 2 is 1.87 bits per heavy atom. The lowest BCUT2D eigenvalue weighted by atomic mass is 10.0. The number of rotatable bonds is 8. The molecule has 1 atom stereocenters. The van der Waals surface area contributed by atoms with Gasteiger partial charge in [0.2, 0.25) is 17.5 Å². The summed E-state index contributed by atoms with van der Waals surface area (Å²) in [7, 11) is 0. The number of hydrogen-bond donors (Lipinski definition) is 1. The van der Waals surface area contributed by atoms with Crippen LogP contribution < -0.4 is 0 Å². The topological polar surface area (TPSA) is 115 Å². The molecule has 8 heteroatoms. The molecule has 0 radical (unpaired) electrons. The van der Waals surface area contributed by atoms with Gasteiger partial charge in [-0.3, -0.25) is 14.4 Å². The average Bonchev–Trinajstić information content (AvgIpc) is 3.30. The summed E-state index contributed by atoms with van der Waals surface area (Å²) in [6.45, 7) is 6.37. The van der Waals surface area contributed by atoms with E-state index in [9.17, 15) is 14.4 Å². The van der Waals surface area contributed by atoms with Crippen molar-refractivity contribution in [2.24, 2.45) is 0 Å². The Morgan fingerprint density at radius 3 is 2.50 bits per heavy atom. The number of ketones is 2. The maximum Gasteiger partial charge on any atom is 0.307 e. The summed E-state index contributed by atoms with van der Waals surface area (Å²) in [5.74, 6) is -0.309. The van der Waals surface area contributed by atoms with Crippen LogP contribution in [0.3, 0.4) is 0 Å². The lowest BCUT2D eigenvalue weighted by Crippen LogP contribution is -2.25. The Kier molecular flexibility index (Phi) is 6.25. The van der Waals surface area contributed by atoms with Gasteiger partial charge in [0, 0.05) is 23.2 Å². The smallest absolute Gasteiger partial charge is 0.307 e. The molecule has 0 bridgehead atoms. The molecule has 0 saturated heterocycles. The first-order valence-corrected chi connectivity index (χ1v) is 9.59. The summed E-state index contributed by atoms with van der Waals surface area (Å²) in [4.78, 5) is 43.8. The number of carbonyl (C=O) groups excluding carboxylic acids is 3. The van der Waals surface area contributed by atoms with Crippen LogP contribution in [0.1, 0.15) is 58.3 Å². The molecular weight excluding hydrogens is 386 g/mol. The molecule has 0 aliphatic heterocycles. The number of benzene rings is 1. The molecule has 0 aliphatic carbocycles. The van der Waals surface area contributed by atoms with Crippen LogP contribution in [0, 0.1) is 13.8 Å². The Labute approximate surface area is 173 Å². The number of nitrogens with one attached hydrogen (secondary N) is 1. The van der Waals surface area contributed by atoms with E-state index in [2.05, 4.69) is 15.1 Å². The SMILES string of the molecule is CC(=O)c1c(C)[nH]c(C(=O)C(C)OC(=O)CCc2nc(-c3ccccc3)no2)c1C. The molecule has 0 saturated carbocycles. The third-order valence-corrected chi connectivity index (χ3v) is 4.76. The Hall–Kier alpha value is -3.55. The summed E-state index contributed by atoms with van der Waals surface area (Å²) in [6.07, 6.45) is -0.791. The number of carbonyl (C=O) groups is 3. The minimum Gasteiger partial charge on any atom is -0.454 e. The zero-order valence-corrected chi connectivity index (χ0v) is 17.3. The van der Waals surface area contributed by atoms with Crippen molar-refractivity contribution in [3.63, 3.8) is 0 Å². The van der Waals surface area contributed by atoms with Gasteiger partial charge in [0.1, 0.15) is 0 Å². The number of aromatic nitrogens is 3. The van der Waals surface area contributed by atoms with Crippen molar-refractivity contribution in [2.75, 3.05) is 0 Å². The lowest BCUT2D eigenvalue weighted by molar-refractivity contribution is -0.146. The Bertz CT molecular complexity index is 1080. The van der Waals surface area contributed by atoms with Crippen molar-refractivity contribution in [3.8, 4) is 11.4 Å². The minimum atomic E-state index is -0.989. The molecule has 2 aromatic heterocycles. The quantitative estimate of drug-likeness (QED) is 0.446. The molecule has 0 fully saturated rings. The number of aryl methyl sites for hydroxylation is 2. The van der Waals surface area contributed by atoms with Crippen molar-refractivity contribution in [2.45, 2.75) is 46.6 Å². The largest absolute Gasteiger partial charge is 0.454 e. The maximum absolute atomic E-state index is 12.7. The standard InChI is InChI=1S/C22H23N3O5/c1-12-19(14(3)26)13(2)23-20(12)21(28)15(4)29-18(27)11-10-17-24-22(25-30-17)16-8-6-5-7-9-16/h5-9,15,23H,10-11H2,1-4H3. The molecule has 156 valence electrons. The summed E-state index contributed by atoms with van der Waals surface area (Å²) < 4.78 is 10.4. The Morgan fingerprint density at radius 1 is 1.17 bits per heavy atom. The molecule has 1 aromatic carbocycles. The third kappa shape index (κ3) is 4.53. The molecule has 3 rings (SSSR count). The number of Topliss-reactive ketones (excluding diaryl/α,β-unsaturated/α-hetero) is 2. The van der Waals surface area contributed by atoms with Gasteiger partial charge in [0.15, 0.2) is 11.9 Å². The van der Waals surface area contributed by atoms with Crippen LogP contribution in [-0.4, -0.2) is 38.8 Å². The van der Waals surface area contributed by atoms with Gasteiger partial charge in [-0.1, -0.05) is 35.5 Å². The van der Waals surface area contributed by atoms with Crippen molar-refractivity contribution in [1.29, 1.82) is 0 Å². The molecule has 1 N–H and O–H groups in total. The van der Waals surface area contributed by atoms with Crippen molar-refractivity contribution in [3.05, 3.63) is 58.7 Å². The fourth-order valence-electron chi connectivity index (χ4n) is 3.31. The second-order valence-corrected chi connectivity index (χ2v) is 7.06. The summed E-state index contributed by atoms with van der Waals surface area (Å²) >= 11 is 0. The van der Waals surface area contributed by atoms with Gasteiger partial charge in [-0.05, 0) is 33.3 Å². The predicted molar refractivity (Wildman–Crippen MR) is 108 cm³/mol. The molecule has 0 spiro atoms. The van der Waals surface area contributed by atoms with E-state index in [-0.39, 0.29) is 30.1 Å². The van der Waals surface area contributed by atoms with E-state index >= 15 is 0 Å². The van der Waals surface area contributed by atoms with Crippen molar-refractivity contribution in [1.82, 2.24) is 15.1 Å². The zero-order valence-electron chi connectivity index (χ0n) is 17.3. The van der Waals surface area contributed by atoms with Gasteiger partial charge in [-0.25, -0.2) is 0 Å². The van der Waals surface area contributed by atoms with Gasteiger partial charge in [0.25, 0.3) is 0 Å². The lowest BCUT2D eigenvalue weighted by Gasteiger charge is -2.11. The van der Waals surface area contributed by atoms with Crippen molar-refractivity contribution < 1.29 is 23.6 Å². The number of nitrogens with zero attached hydrogens (tertiary/aromatic N) is 2. The third-order valence-electron chi connectivity index (χ3n) is 4.76. The molecule has 30 heavy (non-hydrogen) atoms. The highest BCUT2D eigenvalue weighted by atomic mass is 16.5. The second-order valence-electron chi connectivity index (χ2n) is 7.06. The highest BCUT2D eigenvalue weighted by molar-refractivity contribution is 6.05. The van der Waals surface area contributed by atoms with Gasteiger partial charge in [-0.15, -0.1) is 0 Å². The maximum atomic E-state index is 12.7. The number of hydrogen-bond acceptors (Lipinski definition) is 7. The van der Waals surface area contributed by atoms with Crippen LogP contribution in [-0.2, 0) is 16.0 Å². The number of ether oxygens (including phenoxy) is 1. The second kappa shape index (κ2) is 8.86. The molecule has 1 unspecified atom stereocenters. The van der Waals surface area contributed by atoms with Gasteiger partial charge >= 0.3 is 5.97 Å². The summed E-state index contributed by atoms with van der Waals surface area (Å²) in [6, 6.07) is 9.34. The van der Waals surface area contributed by atoms with Crippen LogP contribution >= 0.6 is 0 Å². The summed E-state index contributed by atoms with van der Waals surface area (Å²) in [5.41, 5.74) is 2.76. The van der Waals surface area contributed by atoms with Gasteiger partial charge in [0.05, 0.1) is 12.1 Å². The van der Waals surface area contributed by atoms with E-state index in [1.165, 1.54) is 13.8 Å². The van der Waals surface area contributed by atoms with E-state index in [0.29, 0.717) is 28.5 Å². The molecule has 0 amide bonds. The number of esters is 1.